The summed E-state index contributed by atoms with van der Waals surface area (Å²) in [6.45, 7) is 5.46. The molecule has 0 aliphatic rings. The molecule has 0 saturated carbocycles. The van der Waals surface area contributed by atoms with Gasteiger partial charge in [0.05, 0.1) is 7.11 Å². The first kappa shape index (κ1) is 10.3. The highest BCUT2D eigenvalue weighted by Crippen LogP contribution is 2.27. The molecule has 0 bridgehead atoms. The van der Waals surface area contributed by atoms with Gasteiger partial charge >= 0.3 is 5.97 Å². The summed E-state index contributed by atoms with van der Waals surface area (Å²) in [7, 11) is 1.27. The number of ether oxygens (including phenoxy) is 1. The average Bonchev–Trinajstić information content (AvgIpc) is 2.16. The molecule has 1 aromatic rings. The van der Waals surface area contributed by atoms with E-state index in [1.165, 1.54) is 13.2 Å². The normalized spacial score (nSPS) is 9.57. The minimum absolute atomic E-state index is 0.0770. The number of carbonyl (C=O) groups is 1. The predicted octanol–water partition coefficient (Wildman–Crippen LogP) is 2.21. The van der Waals surface area contributed by atoms with Crippen molar-refractivity contribution in [3.63, 3.8) is 0 Å². The molecule has 1 N–H and O–H groups in total. The molecule has 0 atom stereocenters. The van der Waals surface area contributed by atoms with Gasteiger partial charge in [0.2, 0.25) is 0 Å². The quantitative estimate of drug-likeness (QED) is 0.731. The third-order valence-electron chi connectivity index (χ3n) is 1.90. The molecule has 0 aliphatic heterocycles. The lowest BCUT2D eigenvalue weighted by Gasteiger charge is -2.07. The lowest BCUT2D eigenvalue weighted by atomic mass is 10.0. The van der Waals surface area contributed by atoms with Crippen LogP contribution >= 0.6 is 0 Å². The van der Waals surface area contributed by atoms with Crippen molar-refractivity contribution >= 4 is 11.5 Å². The molecule has 3 heteroatoms. The summed E-state index contributed by atoms with van der Waals surface area (Å²) in [5.74, 6) is -0.627. The van der Waals surface area contributed by atoms with Crippen LogP contribution in [0, 0.1) is 0 Å². The molecule has 0 amide bonds. The molecule has 74 valence electrons. The molecule has 0 fully saturated rings. The number of methoxy groups -OCH3 is 1. The van der Waals surface area contributed by atoms with E-state index in [9.17, 15) is 9.90 Å². The van der Waals surface area contributed by atoms with Crippen LogP contribution in [0.5, 0.6) is 5.75 Å². The number of allylic oxidation sites excluding steroid dienone is 1. The van der Waals surface area contributed by atoms with Crippen LogP contribution in [0.2, 0.25) is 0 Å². The number of aromatic hydroxyl groups is 1. The first-order valence-corrected chi connectivity index (χ1v) is 4.14. The highest BCUT2D eigenvalue weighted by atomic mass is 16.5. The van der Waals surface area contributed by atoms with Crippen LogP contribution in [0.3, 0.4) is 0 Å². The van der Waals surface area contributed by atoms with Crippen LogP contribution in [0.25, 0.3) is 5.57 Å². The second kappa shape index (κ2) is 3.96. The highest BCUT2D eigenvalue weighted by molar-refractivity contribution is 5.94. The molecular weight excluding hydrogens is 180 g/mol. The van der Waals surface area contributed by atoms with Gasteiger partial charge < -0.3 is 9.84 Å². The first-order valence-electron chi connectivity index (χ1n) is 4.14. The summed E-state index contributed by atoms with van der Waals surface area (Å²) < 4.78 is 4.52. The highest BCUT2D eigenvalue weighted by Gasteiger charge is 2.14. The zero-order chi connectivity index (χ0) is 10.7. The van der Waals surface area contributed by atoms with Gasteiger partial charge in [-0.15, -0.1) is 0 Å². The van der Waals surface area contributed by atoms with E-state index in [1.54, 1.807) is 19.1 Å². The fraction of sp³-hybridized carbons (Fsp3) is 0.182. The zero-order valence-corrected chi connectivity index (χ0v) is 8.20. The van der Waals surface area contributed by atoms with Crippen molar-refractivity contribution in [3.05, 3.63) is 35.9 Å². The lowest BCUT2D eigenvalue weighted by Crippen LogP contribution is -2.02. The van der Waals surface area contributed by atoms with Gasteiger partial charge in [-0.2, -0.15) is 0 Å². The number of phenolic OH excluding ortho intramolecular Hbond substituents is 1. The van der Waals surface area contributed by atoms with Crippen molar-refractivity contribution in [1.29, 1.82) is 0 Å². The molecule has 0 radical (unpaired) electrons. The van der Waals surface area contributed by atoms with Crippen molar-refractivity contribution in [2.75, 3.05) is 7.11 Å². The minimum Gasteiger partial charge on any atom is -0.506 e. The van der Waals surface area contributed by atoms with Crippen LogP contribution < -0.4 is 0 Å². The second-order valence-corrected chi connectivity index (χ2v) is 2.97. The molecule has 0 heterocycles. The molecule has 0 saturated heterocycles. The average molecular weight is 192 g/mol. The largest absolute Gasteiger partial charge is 0.506 e. The summed E-state index contributed by atoms with van der Waals surface area (Å²) in [6.07, 6.45) is 0. The van der Waals surface area contributed by atoms with E-state index in [4.69, 9.17) is 0 Å². The van der Waals surface area contributed by atoms with Crippen LogP contribution in [-0.2, 0) is 4.74 Å². The Morgan fingerprint density at radius 2 is 2.00 bits per heavy atom. The second-order valence-electron chi connectivity index (χ2n) is 2.97. The van der Waals surface area contributed by atoms with Gasteiger partial charge in [-0.25, -0.2) is 4.79 Å². The van der Waals surface area contributed by atoms with E-state index in [0.717, 1.165) is 0 Å². The van der Waals surface area contributed by atoms with Gasteiger partial charge in [0, 0.05) is 5.56 Å². The molecule has 3 nitrogen and oxygen atoms in total. The Balaban J connectivity index is 3.27. The Hall–Kier alpha value is -1.77. The van der Waals surface area contributed by atoms with Crippen molar-refractivity contribution in [2.45, 2.75) is 6.92 Å². The summed E-state index contributed by atoms with van der Waals surface area (Å²) in [5.41, 5.74) is 1.43. The third kappa shape index (κ3) is 1.76. The number of carbonyl (C=O) groups excluding carboxylic acids is 1. The van der Waals surface area contributed by atoms with Gasteiger partial charge in [0.1, 0.15) is 11.3 Å². The SMILES string of the molecule is C=C(C)c1cccc(C(=O)OC)c1O. The third-order valence-corrected chi connectivity index (χ3v) is 1.90. The van der Waals surface area contributed by atoms with Crippen molar-refractivity contribution in [3.8, 4) is 5.75 Å². The van der Waals surface area contributed by atoms with Crippen LogP contribution in [0.4, 0.5) is 0 Å². The van der Waals surface area contributed by atoms with Crippen molar-refractivity contribution in [2.24, 2.45) is 0 Å². The fourth-order valence-corrected chi connectivity index (χ4v) is 1.16. The molecule has 0 spiro atoms. The van der Waals surface area contributed by atoms with Gasteiger partial charge in [0.15, 0.2) is 0 Å². The van der Waals surface area contributed by atoms with Gasteiger partial charge in [-0.1, -0.05) is 18.7 Å². The Bertz CT molecular complexity index is 380. The smallest absolute Gasteiger partial charge is 0.341 e. The lowest BCUT2D eigenvalue weighted by molar-refractivity contribution is 0.0597. The van der Waals surface area contributed by atoms with E-state index in [-0.39, 0.29) is 11.3 Å². The number of benzene rings is 1. The van der Waals surface area contributed by atoms with Crippen molar-refractivity contribution < 1.29 is 14.6 Å². The molecule has 1 rings (SSSR count). The number of esters is 1. The van der Waals surface area contributed by atoms with E-state index in [2.05, 4.69) is 11.3 Å². The number of rotatable bonds is 2. The Labute approximate surface area is 82.6 Å². The summed E-state index contributed by atoms with van der Waals surface area (Å²) in [6, 6.07) is 4.88. The molecular formula is C11H12O3. The van der Waals surface area contributed by atoms with Crippen LogP contribution in [-0.4, -0.2) is 18.2 Å². The monoisotopic (exact) mass is 192 g/mol. The molecule has 0 unspecified atom stereocenters. The van der Waals surface area contributed by atoms with E-state index >= 15 is 0 Å². The first-order chi connectivity index (χ1) is 6.57. The standard InChI is InChI=1S/C11H12O3/c1-7(2)8-5-4-6-9(10(8)12)11(13)14-3/h4-6,12H,1H2,2-3H3. The Kier molecular flexibility index (Phi) is 2.92. The van der Waals surface area contributed by atoms with E-state index in [1.807, 2.05) is 0 Å². The maximum atomic E-state index is 11.2. The fourth-order valence-electron chi connectivity index (χ4n) is 1.16. The molecule has 0 aliphatic carbocycles. The maximum absolute atomic E-state index is 11.2. The van der Waals surface area contributed by atoms with Gasteiger partial charge in [-0.05, 0) is 18.6 Å². The Morgan fingerprint density at radius 3 is 2.50 bits per heavy atom. The van der Waals surface area contributed by atoms with Crippen molar-refractivity contribution in [1.82, 2.24) is 0 Å². The Morgan fingerprint density at radius 1 is 1.43 bits per heavy atom. The van der Waals surface area contributed by atoms with Crippen LogP contribution in [0.1, 0.15) is 22.8 Å². The van der Waals surface area contributed by atoms with E-state index < -0.39 is 5.97 Å². The van der Waals surface area contributed by atoms with E-state index in [0.29, 0.717) is 11.1 Å². The maximum Gasteiger partial charge on any atom is 0.341 e. The number of hydrogen-bond donors (Lipinski definition) is 1. The predicted molar refractivity (Wildman–Crippen MR) is 54.2 cm³/mol. The number of para-hydroxylation sites is 1. The minimum atomic E-state index is -0.550. The van der Waals surface area contributed by atoms with Gasteiger partial charge in [-0.3, -0.25) is 0 Å². The summed E-state index contributed by atoms with van der Waals surface area (Å²) in [5, 5.41) is 9.70. The molecule has 0 aromatic heterocycles. The summed E-state index contributed by atoms with van der Waals surface area (Å²) >= 11 is 0. The van der Waals surface area contributed by atoms with Gasteiger partial charge in [0.25, 0.3) is 0 Å². The summed E-state index contributed by atoms with van der Waals surface area (Å²) in [4.78, 5) is 11.2. The number of phenols is 1. The van der Waals surface area contributed by atoms with Crippen LogP contribution in [0.15, 0.2) is 24.8 Å². The molecule has 14 heavy (non-hydrogen) atoms. The molecule has 1 aromatic carbocycles. The topological polar surface area (TPSA) is 46.5 Å². The zero-order valence-electron chi connectivity index (χ0n) is 8.20. The number of hydrogen-bond acceptors (Lipinski definition) is 3.